The number of hydrogen-bond donors (Lipinski definition) is 1. The van der Waals surface area contributed by atoms with Gasteiger partial charge < -0.3 is 24.3 Å². The minimum atomic E-state index is -0.174. The topological polar surface area (TPSA) is 66.0 Å². The van der Waals surface area contributed by atoms with Crippen LogP contribution in [0.25, 0.3) is 0 Å². The van der Waals surface area contributed by atoms with Crippen LogP contribution in [0.3, 0.4) is 0 Å². The third kappa shape index (κ3) is 5.55. The van der Waals surface area contributed by atoms with Gasteiger partial charge in [-0.05, 0) is 44.5 Å². The number of methoxy groups -OCH3 is 2. The lowest BCUT2D eigenvalue weighted by Gasteiger charge is -2.18. The first-order chi connectivity index (χ1) is 13.5. The summed E-state index contributed by atoms with van der Waals surface area (Å²) >= 11 is 0. The molecule has 0 radical (unpaired) electrons. The van der Waals surface area contributed by atoms with Crippen LogP contribution in [0.2, 0.25) is 0 Å². The van der Waals surface area contributed by atoms with Gasteiger partial charge in [0.2, 0.25) is 5.91 Å². The Morgan fingerprint density at radius 2 is 1.64 bits per heavy atom. The molecule has 0 saturated carbocycles. The number of nitrogens with one attached hydrogen (secondary N) is 1. The predicted octanol–water partition coefficient (Wildman–Crippen LogP) is 3.92. The summed E-state index contributed by atoms with van der Waals surface area (Å²) in [4.78, 5) is 12.5. The summed E-state index contributed by atoms with van der Waals surface area (Å²) in [7, 11) is 3.17. The zero-order chi connectivity index (χ0) is 20.5. The first kappa shape index (κ1) is 21.4. The molecule has 1 amide bonds. The van der Waals surface area contributed by atoms with E-state index in [4.69, 9.17) is 18.9 Å². The highest BCUT2D eigenvalue weighted by Crippen LogP contribution is 2.31. The van der Waals surface area contributed by atoms with Crippen LogP contribution in [0.5, 0.6) is 23.0 Å². The van der Waals surface area contributed by atoms with E-state index in [-0.39, 0.29) is 18.4 Å². The van der Waals surface area contributed by atoms with Crippen molar-refractivity contribution in [1.29, 1.82) is 0 Å². The van der Waals surface area contributed by atoms with E-state index in [2.05, 4.69) is 5.32 Å². The molecule has 0 aromatic heterocycles. The van der Waals surface area contributed by atoms with Crippen LogP contribution in [0.15, 0.2) is 36.4 Å². The van der Waals surface area contributed by atoms with Gasteiger partial charge in [-0.15, -0.1) is 0 Å². The molecular weight excluding hydrogens is 358 g/mol. The van der Waals surface area contributed by atoms with Crippen LogP contribution in [0, 0.1) is 0 Å². The van der Waals surface area contributed by atoms with Gasteiger partial charge in [0.05, 0.1) is 39.9 Å². The second-order valence-corrected chi connectivity index (χ2v) is 6.22. The molecule has 6 heteroatoms. The highest BCUT2D eigenvalue weighted by Gasteiger charge is 2.15. The van der Waals surface area contributed by atoms with Crippen molar-refractivity contribution in [3.05, 3.63) is 47.5 Å². The van der Waals surface area contributed by atoms with Gasteiger partial charge in [0, 0.05) is 11.6 Å². The summed E-state index contributed by atoms with van der Waals surface area (Å²) < 4.78 is 21.8. The average molecular weight is 387 g/mol. The molecule has 0 aliphatic heterocycles. The van der Waals surface area contributed by atoms with Crippen molar-refractivity contribution in [2.45, 2.75) is 33.2 Å². The summed E-state index contributed by atoms with van der Waals surface area (Å²) in [6.07, 6.45) is 0.215. The largest absolute Gasteiger partial charge is 0.497 e. The Morgan fingerprint density at radius 1 is 0.929 bits per heavy atom. The lowest BCUT2D eigenvalue weighted by atomic mass is 10.1. The number of hydrogen-bond acceptors (Lipinski definition) is 5. The van der Waals surface area contributed by atoms with E-state index >= 15 is 0 Å². The molecule has 1 N–H and O–H groups in total. The minimum Gasteiger partial charge on any atom is -0.497 e. The molecule has 0 aliphatic rings. The van der Waals surface area contributed by atoms with Crippen molar-refractivity contribution in [2.24, 2.45) is 0 Å². The van der Waals surface area contributed by atoms with Crippen LogP contribution in [-0.2, 0) is 11.2 Å². The fourth-order valence-corrected chi connectivity index (χ4v) is 2.88. The molecule has 0 bridgehead atoms. The number of ether oxygens (including phenoxy) is 4. The molecule has 28 heavy (non-hydrogen) atoms. The fourth-order valence-electron chi connectivity index (χ4n) is 2.88. The summed E-state index contributed by atoms with van der Waals surface area (Å²) in [6.45, 7) is 6.90. The molecule has 0 aliphatic carbocycles. The maximum absolute atomic E-state index is 12.5. The maximum Gasteiger partial charge on any atom is 0.225 e. The van der Waals surface area contributed by atoms with Gasteiger partial charge in [-0.3, -0.25) is 4.79 Å². The van der Waals surface area contributed by atoms with Crippen molar-refractivity contribution in [3.63, 3.8) is 0 Å². The number of carbonyl (C=O) groups is 1. The van der Waals surface area contributed by atoms with Crippen LogP contribution in [0.4, 0.5) is 0 Å². The van der Waals surface area contributed by atoms with Gasteiger partial charge >= 0.3 is 0 Å². The Kier molecular flexibility index (Phi) is 7.99. The average Bonchev–Trinajstić information content (AvgIpc) is 2.69. The second-order valence-electron chi connectivity index (χ2n) is 6.22. The second kappa shape index (κ2) is 10.4. The van der Waals surface area contributed by atoms with E-state index in [0.717, 1.165) is 11.1 Å². The lowest BCUT2D eigenvalue weighted by Crippen LogP contribution is -2.28. The van der Waals surface area contributed by atoms with Gasteiger partial charge in [-0.1, -0.05) is 12.1 Å². The zero-order valence-electron chi connectivity index (χ0n) is 17.2. The smallest absolute Gasteiger partial charge is 0.225 e. The molecule has 2 aromatic carbocycles. The van der Waals surface area contributed by atoms with Gasteiger partial charge in [-0.25, -0.2) is 0 Å². The van der Waals surface area contributed by atoms with Gasteiger partial charge in [0.25, 0.3) is 0 Å². The van der Waals surface area contributed by atoms with Crippen molar-refractivity contribution in [2.75, 3.05) is 27.4 Å². The minimum absolute atomic E-state index is 0.0946. The van der Waals surface area contributed by atoms with Crippen molar-refractivity contribution < 1.29 is 23.7 Å². The van der Waals surface area contributed by atoms with E-state index in [0.29, 0.717) is 36.2 Å². The van der Waals surface area contributed by atoms with Gasteiger partial charge in [0.1, 0.15) is 11.5 Å². The number of amides is 1. The summed E-state index contributed by atoms with van der Waals surface area (Å²) in [5.41, 5.74) is 1.75. The Morgan fingerprint density at radius 3 is 2.29 bits per heavy atom. The molecule has 0 spiro atoms. The van der Waals surface area contributed by atoms with E-state index in [1.807, 2.05) is 51.1 Å². The number of benzene rings is 2. The SMILES string of the molecule is CCOc1ccc([C@@H](C)NC(=O)Cc2ccc(OC)cc2OC)cc1OCC. The Labute approximate surface area is 166 Å². The van der Waals surface area contributed by atoms with Gasteiger partial charge in [-0.2, -0.15) is 0 Å². The molecule has 152 valence electrons. The standard InChI is InChI=1S/C22H29NO5/c1-6-27-19-11-9-16(12-21(19)28-7-2)15(3)23-22(24)13-17-8-10-18(25-4)14-20(17)26-5/h8-12,14-15H,6-7,13H2,1-5H3,(H,23,24)/t15-/m1/s1. The predicted molar refractivity (Wildman–Crippen MR) is 109 cm³/mol. The quantitative estimate of drug-likeness (QED) is 0.669. The third-order valence-electron chi connectivity index (χ3n) is 4.29. The van der Waals surface area contributed by atoms with Crippen LogP contribution < -0.4 is 24.3 Å². The lowest BCUT2D eigenvalue weighted by molar-refractivity contribution is -0.121. The third-order valence-corrected chi connectivity index (χ3v) is 4.29. The maximum atomic E-state index is 12.5. The van der Waals surface area contributed by atoms with E-state index < -0.39 is 0 Å². The Hall–Kier alpha value is -2.89. The number of carbonyl (C=O) groups excluding carboxylic acids is 1. The van der Waals surface area contributed by atoms with Crippen LogP contribution >= 0.6 is 0 Å². The molecule has 2 rings (SSSR count). The Balaban J connectivity index is 2.09. The monoisotopic (exact) mass is 387 g/mol. The van der Waals surface area contributed by atoms with Crippen molar-refractivity contribution in [1.82, 2.24) is 5.32 Å². The summed E-state index contributed by atoms with van der Waals surface area (Å²) in [6, 6.07) is 11.0. The van der Waals surface area contributed by atoms with Gasteiger partial charge in [0.15, 0.2) is 11.5 Å². The van der Waals surface area contributed by atoms with Crippen LogP contribution in [0.1, 0.15) is 37.9 Å². The molecule has 0 fully saturated rings. The number of rotatable bonds is 10. The van der Waals surface area contributed by atoms with Crippen LogP contribution in [-0.4, -0.2) is 33.3 Å². The molecule has 0 unspecified atom stereocenters. The highest BCUT2D eigenvalue weighted by molar-refractivity contribution is 5.80. The van der Waals surface area contributed by atoms with E-state index in [1.165, 1.54) is 0 Å². The Bertz CT molecular complexity index is 790. The summed E-state index contributed by atoms with van der Waals surface area (Å²) in [5, 5.41) is 3.02. The molecular formula is C22H29NO5. The van der Waals surface area contributed by atoms with Crippen molar-refractivity contribution >= 4 is 5.91 Å². The highest BCUT2D eigenvalue weighted by atomic mass is 16.5. The summed E-state index contributed by atoms with van der Waals surface area (Å²) in [5.74, 6) is 2.60. The van der Waals surface area contributed by atoms with E-state index in [9.17, 15) is 4.79 Å². The fraction of sp³-hybridized carbons (Fsp3) is 0.409. The molecule has 6 nitrogen and oxygen atoms in total. The molecule has 2 aromatic rings. The molecule has 1 atom stereocenters. The first-order valence-electron chi connectivity index (χ1n) is 9.42. The zero-order valence-corrected chi connectivity index (χ0v) is 17.2. The molecule has 0 heterocycles. The molecule has 0 saturated heterocycles. The van der Waals surface area contributed by atoms with Crippen molar-refractivity contribution in [3.8, 4) is 23.0 Å². The normalized spacial score (nSPS) is 11.5. The first-order valence-corrected chi connectivity index (χ1v) is 9.42. The van der Waals surface area contributed by atoms with E-state index in [1.54, 1.807) is 20.3 Å².